The van der Waals surface area contributed by atoms with E-state index in [4.69, 9.17) is 9.47 Å². The second-order valence-corrected chi connectivity index (χ2v) is 12.9. The van der Waals surface area contributed by atoms with E-state index in [-0.39, 0.29) is 30.3 Å². The van der Waals surface area contributed by atoms with Crippen LogP contribution in [-0.4, -0.2) is 72.3 Å². The first-order valence-electron chi connectivity index (χ1n) is 12.2. The number of carbonyl (C=O) groups excluding carboxylic acids is 1. The van der Waals surface area contributed by atoms with Crippen LogP contribution in [0.4, 0.5) is 9.18 Å². The molecule has 1 aromatic rings. The average Bonchev–Trinajstić information content (AvgIpc) is 3.08. The van der Waals surface area contributed by atoms with E-state index < -0.39 is 34.2 Å². The highest BCUT2D eigenvalue weighted by atomic mass is 79.9. The Hall–Kier alpha value is -1.37. The van der Waals surface area contributed by atoms with Crippen LogP contribution in [0.15, 0.2) is 16.9 Å². The highest BCUT2D eigenvalue weighted by Crippen LogP contribution is 2.56. The van der Waals surface area contributed by atoms with Crippen molar-refractivity contribution in [2.75, 3.05) is 12.6 Å². The molecule has 2 aliphatic carbocycles. The predicted octanol–water partition coefficient (Wildman–Crippen LogP) is 3.68. The summed E-state index contributed by atoms with van der Waals surface area (Å²) < 4.78 is 52.0. The summed E-state index contributed by atoms with van der Waals surface area (Å²) >= 11 is 3.40. The Labute approximate surface area is 214 Å². The molecule has 0 unspecified atom stereocenters. The maximum atomic E-state index is 13.0. The Balaban J connectivity index is 1.43. The molecule has 196 valence electrons. The normalized spacial score (nSPS) is 32.9. The fraction of sp³-hybridized carbons (Fsp3) is 0.783. The van der Waals surface area contributed by atoms with Crippen molar-refractivity contribution in [3.63, 3.8) is 0 Å². The van der Waals surface area contributed by atoms with Gasteiger partial charge in [-0.1, -0.05) is 0 Å². The number of hydrogen-bond acceptors (Lipinski definition) is 7. The van der Waals surface area contributed by atoms with Crippen molar-refractivity contribution in [3.05, 3.63) is 22.7 Å². The van der Waals surface area contributed by atoms with E-state index in [2.05, 4.69) is 30.6 Å². The van der Waals surface area contributed by atoms with Gasteiger partial charge in [0.25, 0.3) is 0 Å². The molecule has 35 heavy (non-hydrogen) atoms. The maximum absolute atomic E-state index is 13.0. The van der Waals surface area contributed by atoms with Crippen molar-refractivity contribution >= 4 is 32.0 Å². The molecule has 4 rings (SSSR count). The maximum Gasteiger partial charge on any atom is 0.410 e. The monoisotopic (exact) mass is 576 g/mol. The van der Waals surface area contributed by atoms with E-state index in [1.807, 2.05) is 6.92 Å². The zero-order chi connectivity index (χ0) is 25.4. The van der Waals surface area contributed by atoms with Gasteiger partial charge in [0.05, 0.1) is 29.3 Å². The van der Waals surface area contributed by atoms with Gasteiger partial charge in [-0.05, 0) is 81.1 Å². The van der Waals surface area contributed by atoms with E-state index in [1.54, 1.807) is 26.2 Å². The van der Waals surface area contributed by atoms with Gasteiger partial charge < -0.3 is 9.47 Å². The van der Waals surface area contributed by atoms with Gasteiger partial charge in [0, 0.05) is 29.9 Å². The molecular weight excluding hydrogens is 543 g/mol. The Kier molecular flexibility index (Phi) is 8.04. The van der Waals surface area contributed by atoms with Crippen molar-refractivity contribution in [3.8, 4) is 0 Å². The molecule has 6 atom stereocenters. The number of alkyl halides is 1. The number of nitrogens with zero attached hydrogens (tertiary/aromatic N) is 3. The number of hydrogen-bond donors (Lipinski definition) is 1. The number of ether oxygens (including phenoxy) is 2. The van der Waals surface area contributed by atoms with Crippen LogP contribution in [-0.2, 0) is 24.9 Å². The Morgan fingerprint density at radius 2 is 1.97 bits per heavy atom. The van der Waals surface area contributed by atoms with E-state index in [0.717, 1.165) is 42.4 Å². The second kappa shape index (κ2) is 10.5. The number of fused-ring (bicyclic) bond motifs is 1. The van der Waals surface area contributed by atoms with Crippen LogP contribution in [0.1, 0.15) is 65.1 Å². The highest BCUT2D eigenvalue weighted by molar-refractivity contribution is 9.10. The summed E-state index contributed by atoms with van der Waals surface area (Å²) in [4.78, 5) is 23.5. The van der Waals surface area contributed by atoms with Crippen molar-refractivity contribution in [2.45, 2.75) is 95.0 Å². The number of halogens is 2. The standard InChI is InChI=1S/C23H34BrFN4O5S/c1-14(2)34-22(30)29-15(3)8-19(28-35(31,32)13-25)20(29)12-33-18-5-7-23(6-4-16(23)9-18)21-26-10-17(24)11-27-21/h10-11,14-16,18-20,28H,4-9,12-13H2,1-3H3/t15-,16-,18-,19+,20+,23-/m1/s1. The summed E-state index contributed by atoms with van der Waals surface area (Å²) in [6, 6.07) is -3.01. The third-order valence-corrected chi connectivity index (χ3v) is 9.02. The lowest BCUT2D eigenvalue weighted by Gasteiger charge is -2.53. The summed E-state index contributed by atoms with van der Waals surface area (Å²) in [7, 11) is -4.09. The molecule has 9 nitrogen and oxygen atoms in total. The Morgan fingerprint density at radius 3 is 2.54 bits per heavy atom. The number of carbonyl (C=O) groups is 1. The number of likely N-dealkylation sites (tertiary alicyclic amines) is 1. The van der Waals surface area contributed by atoms with Gasteiger partial charge in [0.2, 0.25) is 16.0 Å². The molecule has 1 aromatic heterocycles. The SMILES string of the molecule is CC(C)OC(=O)N1[C@H](C)C[C@H](NS(=O)(=O)CF)[C@@H]1CO[C@@H]1CC[C@]2(c3ncc(Br)cn3)CC[C@@H]2C1. The minimum absolute atomic E-state index is 0.00513. The highest BCUT2D eigenvalue weighted by Gasteiger charge is 2.53. The van der Waals surface area contributed by atoms with Crippen LogP contribution in [0, 0.1) is 5.92 Å². The third kappa shape index (κ3) is 5.65. The molecule has 1 saturated heterocycles. The first-order valence-corrected chi connectivity index (χ1v) is 14.6. The van der Waals surface area contributed by atoms with Gasteiger partial charge >= 0.3 is 6.09 Å². The molecule has 0 bridgehead atoms. The number of rotatable bonds is 8. The lowest BCUT2D eigenvalue weighted by molar-refractivity contribution is -0.0646. The van der Waals surface area contributed by atoms with Gasteiger partial charge in [0.1, 0.15) is 5.82 Å². The van der Waals surface area contributed by atoms with E-state index in [0.29, 0.717) is 12.3 Å². The molecule has 1 N–H and O–H groups in total. The molecule has 3 fully saturated rings. The summed E-state index contributed by atoms with van der Waals surface area (Å²) in [5.74, 6) is 1.32. The first-order chi connectivity index (χ1) is 16.5. The smallest absolute Gasteiger partial charge is 0.410 e. The summed E-state index contributed by atoms with van der Waals surface area (Å²) in [5, 5.41) is 0. The minimum atomic E-state index is -4.09. The van der Waals surface area contributed by atoms with Crippen molar-refractivity contribution < 1.29 is 27.1 Å². The van der Waals surface area contributed by atoms with Gasteiger partial charge in [-0.15, -0.1) is 0 Å². The summed E-state index contributed by atoms with van der Waals surface area (Å²) in [5.41, 5.74) is -0.00513. The number of aromatic nitrogens is 2. The molecule has 0 aromatic carbocycles. The summed E-state index contributed by atoms with van der Waals surface area (Å²) in [6.07, 6.45) is 7.86. The van der Waals surface area contributed by atoms with Crippen LogP contribution < -0.4 is 4.72 Å². The first kappa shape index (κ1) is 26.7. The van der Waals surface area contributed by atoms with Crippen LogP contribution in [0.25, 0.3) is 0 Å². The molecule has 1 aliphatic heterocycles. The summed E-state index contributed by atoms with van der Waals surface area (Å²) in [6.45, 7) is 5.50. The van der Waals surface area contributed by atoms with Crippen molar-refractivity contribution in [1.82, 2.24) is 19.6 Å². The van der Waals surface area contributed by atoms with Gasteiger partial charge in [-0.3, -0.25) is 4.90 Å². The molecular formula is C23H34BrFN4O5S. The average molecular weight is 578 g/mol. The lowest BCUT2D eigenvalue weighted by atomic mass is 9.53. The number of amides is 1. The Morgan fingerprint density at radius 1 is 1.29 bits per heavy atom. The van der Waals surface area contributed by atoms with E-state index in [9.17, 15) is 17.6 Å². The molecule has 12 heteroatoms. The van der Waals surface area contributed by atoms with E-state index >= 15 is 0 Å². The van der Waals surface area contributed by atoms with Crippen LogP contribution >= 0.6 is 15.9 Å². The fourth-order valence-corrected chi connectivity index (χ4v) is 6.89. The van der Waals surface area contributed by atoms with Crippen LogP contribution in [0.3, 0.4) is 0 Å². The molecule has 2 saturated carbocycles. The Bertz CT molecular complexity index is 1010. The molecule has 0 spiro atoms. The third-order valence-electron chi connectivity index (χ3n) is 7.66. The molecule has 0 radical (unpaired) electrons. The zero-order valence-electron chi connectivity index (χ0n) is 20.3. The molecule has 3 aliphatic rings. The van der Waals surface area contributed by atoms with Gasteiger partial charge in [-0.2, -0.15) is 0 Å². The molecule has 2 heterocycles. The number of nitrogens with one attached hydrogen (secondary N) is 1. The lowest BCUT2D eigenvalue weighted by Crippen LogP contribution is -2.53. The second-order valence-electron chi connectivity index (χ2n) is 10.3. The van der Waals surface area contributed by atoms with Crippen molar-refractivity contribution in [2.24, 2.45) is 5.92 Å². The topological polar surface area (TPSA) is 111 Å². The van der Waals surface area contributed by atoms with Gasteiger partial charge in [-0.25, -0.2) is 32.3 Å². The van der Waals surface area contributed by atoms with Crippen molar-refractivity contribution in [1.29, 1.82) is 0 Å². The van der Waals surface area contributed by atoms with Crippen LogP contribution in [0.2, 0.25) is 0 Å². The number of sulfonamides is 1. The fourth-order valence-electron chi connectivity index (χ4n) is 5.91. The van der Waals surface area contributed by atoms with Gasteiger partial charge in [0.15, 0.2) is 0 Å². The van der Waals surface area contributed by atoms with Crippen LogP contribution in [0.5, 0.6) is 0 Å². The minimum Gasteiger partial charge on any atom is -0.447 e. The predicted molar refractivity (Wildman–Crippen MR) is 131 cm³/mol. The van der Waals surface area contributed by atoms with E-state index in [1.165, 1.54) is 4.90 Å². The zero-order valence-corrected chi connectivity index (χ0v) is 22.7. The largest absolute Gasteiger partial charge is 0.447 e. The quantitative estimate of drug-likeness (QED) is 0.502. The molecule has 1 amide bonds.